The Hall–Kier alpha value is -2.74. The SMILES string of the molecule is CC(C)(C)c1nnc2ccc(NCC(O)COc3ccc(F)cc3)nn12. The second-order valence-electron chi connectivity index (χ2n) is 7.06. The molecule has 3 aromatic rings. The fraction of sp³-hybridized carbons (Fsp3) is 0.389. The summed E-state index contributed by atoms with van der Waals surface area (Å²) >= 11 is 0. The molecule has 2 N–H and O–H groups in total. The van der Waals surface area contributed by atoms with Crippen molar-refractivity contribution in [2.75, 3.05) is 18.5 Å². The minimum Gasteiger partial charge on any atom is -0.491 e. The van der Waals surface area contributed by atoms with Gasteiger partial charge in [0.25, 0.3) is 0 Å². The van der Waals surface area contributed by atoms with Crippen molar-refractivity contribution in [2.24, 2.45) is 0 Å². The molecule has 1 aromatic carbocycles. The van der Waals surface area contributed by atoms with Gasteiger partial charge in [0.1, 0.15) is 30.1 Å². The summed E-state index contributed by atoms with van der Waals surface area (Å²) in [6, 6.07) is 9.26. The number of nitrogens with zero attached hydrogens (tertiary/aromatic N) is 4. The standard InChI is InChI=1S/C18H22FN5O2/c1-18(2,3)17-22-21-16-9-8-15(23-24(16)17)20-10-13(25)11-26-14-6-4-12(19)5-7-14/h4-9,13,25H,10-11H2,1-3H3,(H,20,23). The number of aliphatic hydroxyl groups excluding tert-OH is 1. The zero-order valence-corrected chi connectivity index (χ0v) is 15.0. The van der Waals surface area contributed by atoms with Gasteiger partial charge in [0, 0.05) is 12.0 Å². The van der Waals surface area contributed by atoms with Crippen LogP contribution in [0.4, 0.5) is 10.2 Å². The van der Waals surface area contributed by atoms with Crippen LogP contribution >= 0.6 is 0 Å². The van der Waals surface area contributed by atoms with Crippen LogP contribution in [0.5, 0.6) is 5.75 Å². The molecule has 138 valence electrons. The Labute approximate surface area is 150 Å². The van der Waals surface area contributed by atoms with Gasteiger partial charge in [-0.3, -0.25) is 0 Å². The van der Waals surface area contributed by atoms with E-state index in [1.54, 1.807) is 10.6 Å². The number of benzene rings is 1. The summed E-state index contributed by atoms with van der Waals surface area (Å²) in [5.74, 6) is 1.54. The number of rotatable bonds is 6. The molecule has 0 fully saturated rings. The van der Waals surface area contributed by atoms with Crippen LogP contribution in [0.3, 0.4) is 0 Å². The Kier molecular flexibility index (Phi) is 5.03. The highest BCUT2D eigenvalue weighted by Gasteiger charge is 2.21. The van der Waals surface area contributed by atoms with Crippen LogP contribution in [0, 0.1) is 5.82 Å². The van der Waals surface area contributed by atoms with Crippen LogP contribution in [-0.4, -0.2) is 44.2 Å². The lowest BCUT2D eigenvalue weighted by Gasteiger charge is -2.16. The maximum absolute atomic E-state index is 12.9. The average molecular weight is 359 g/mol. The zero-order chi connectivity index (χ0) is 18.7. The molecule has 3 rings (SSSR count). The van der Waals surface area contributed by atoms with E-state index in [9.17, 15) is 9.50 Å². The first-order chi connectivity index (χ1) is 12.3. The summed E-state index contributed by atoms with van der Waals surface area (Å²) in [5.41, 5.74) is 0.480. The molecule has 0 spiro atoms. The molecule has 2 heterocycles. The van der Waals surface area contributed by atoms with Gasteiger partial charge in [0.2, 0.25) is 0 Å². The zero-order valence-electron chi connectivity index (χ0n) is 15.0. The minimum atomic E-state index is -0.749. The number of anilines is 1. The van der Waals surface area contributed by atoms with E-state index in [2.05, 4.69) is 20.6 Å². The van der Waals surface area contributed by atoms with Gasteiger partial charge in [0.15, 0.2) is 11.5 Å². The maximum Gasteiger partial charge on any atom is 0.178 e. The molecular weight excluding hydrogens is 337 g/mol. The smallest absolute Gasteiger partial charge is 0.178 e. The third-order valence-corrected chi connectivity index (χ3v) is 3.71. The summed E-state index contributed by atoms with van der Waals surface area (Å²) in [5, 5.41) is 25.9. The lowest BCUT2D eigenvalue weighted by molar-refractivity contribution is 0.117. The quantitative estimate of drug-likeness (QED) is 0.703. The highest BCUT2D eigenvalue weighted by molar-refractivity contribution is 5.44. The fourth-order valence-electron chi connectivity index (χ4n) is 2.36. The van der Waals surface area contributed by atoms with Gasteiger partial charge in [0.05, 0.1) is 0 Å². The first-order valence-corrected chi connectivity index (χ1v) is 8.36. The number of aliphatic hydroxyl groups is 1. The van der Waals surface area contributed by atoms with Gasteiger partial charge >= 0.3 is 0 Å². The average Bonchev–Trinajstić information content (AvgIpc) is 3.03. The van der Waals surface area contributed by atoms with E-state index in [-0.39, 0.29) is 24.4 Å². The molecule has 0 aliphatic heterocycles. The number of ether oxygens (including phenoxy) is 1. The van der Waals surface area contributed by atoms with Crippen molar-refractivity contribution >= 4 is 11.5 Å². The molecule has 0 aliphatic rings. The Balaban J connectivity index is 1.59. The van der Waals surface area contributed by atoms with Crippen LogP contribution in [0.25, 0.3) is 5.65 Å². The number of fused-ring (bicyclic) bond motifs is 1. The second-order valence-corrected chi connectivity index (χ2v) is 7.06. The van der Waals surface area contributed by atoms with Crippen molar-refractivity contribution in [1.82, 2.24) is 19.8 Å². The molecule has 1 unspecified atom stereocenters. The van der Waals surface area contributed by atoms with E-state index in [4.69, 9.17) is 4.74 Å². The Morgan fingerprint density at radius 2 is 1.88 bits per heavy atom. The van der Waals surface area contributed by atoms with Gasteiger partial charge < -0.3 is 15.2 Å². The van der Waals surface area contributed by atoms with Crippen LogP contribution in [0.2, 0.25) is 0 Å². The van der Waals surface area contributed by atoms with Crippen molar-refractivity contribution in [1.29, 1.82) is 0 Å². The maximum atomic E-state index is 12.9. The number of hydrogen-bond donors (Lipinski definition) is 2. The number of aromatic nitrogens is 4. The molecule has 0 aliphatic carbocycles. The molecule has 0 radical (unpaired) electrons. The third-order valence-electron chi connectivity index (χ3n) is 3.71. The van der Waals surface area contributed by atoms with E-state index >= 15 is 0 Å². The largest absolute Gasteiger partial charge is 0.491 e. The van der Waals surface area contributed by atoms with E-state index in [0.29, 0.717) is 17.2 Å². The van der Waals surface area contributed by atoms with Gasteiger partial charge in [-0.2, -0.15) is 4.52 Å². The van der Waals surface area contributed by atoms with Crippen molar-refractivity contribution in [3.63, 3.8) is 0 Å². The molecule has 26 heavy (non-hydrogen) atoms. The number of nitrogens with one attached hydrogen (secondary N) is 1. The summed E-state index contributed by atoms with van der Waals surface area (Å²) < 4.78 is 20.0. The van der Waals surface area contributed by atoms with Crippen LogP contribution in [-0.2, 0) is 5.41 Å². The fourth-order valence-corrected chi connectivity index (χ4v) is 2.36. The van der Waals surface area contributed by atoms with Crippen molar-refractivity contribution in [3.8, 4) is 5.75 Å². The van der Waals surface area contributed by atoms with Crippen molar-refractivity contribution in [2.45, 2.75) is 32.3 Å². The first-order valence-electron chi connectivity index (χ1n) is 8.36. The minimum absolute atomic E-state index is 0.0841. The van der Waals surface area contributed by atoms with Crippen LogP contribution < -0.4 is 10.1 Å². The Morgan fingerprint density at radius 1 is 1.15 bits per heavy atom. The lowest BCUT2D eigenvalue weighted by atomic mass is 9.96. The molecule has 0 saturated heterocycles. The van der Waals surface area contributed by atoms with Crippen molar-refractivity contribution < 1.29 is 14.2 Å². The summed E-state index contributed by atoms with van der Waals surface area (Å²) in [6.07, 6.45) is -0.749. The van der Waals surface area contributed by atoms with Gasteiger partial charge in [-0.15, -0.1) is 15.3 Å². The van der Waals surface area contributed by atoms with Crippen LogP contribution in [0.1, 0.15) is 26.6 Å². The first kappa shape index (κ1) is 18.1. The van der Waals surface area contributed by atoms with Crippen molar-refractivity contribution in [3.05, 3.63) is 48.0 Å². The van der Waals surface area contributed by atoms with Gasteiger partial charge in [-0.05, 0) is 36.4 Å². The third kappa shape index (κ3) is 4.26. The predicted molar refractivity (Wildman–Crippen MR) is 95.9 cm³/mol. The van der Waals surface area contributed by atoms with Crippen LogP contribution in [0.15, 0.2) is 36.4 Å². The summed E-state index contributed by atoms with van der Waals surface area (Å²) in [7, 11) is 0. The summed E-state index contributed by atoms with van der Waals surface area (Å²) in [6.45, 7) is 6.47. The van der Waals surface area contributed by atoms with Gasteiger partial charge in [-0.1, -0.05) is 20.8 Å². The Bertz CT molecular complexity index is 873. The van der Waals surface area contributed by atoms with E-state index in [1.165, 1.54) is 24.3 Å². The normalized spacial score (nSPS) is 13.0. The number of hydrogen-bond acceptors (Lipinski definition) is 6. The second kappa shape index (κ2) is 7.25. The van der Waals surface area contributed by atoms with E-state index in [0.717, 1.165) is 5.82 Å². The molecule has 7 nitrogen and oxygen atoms in total. The topological polar surface area (TPSA) is 84.6 Å². The van der Waals surface area contributed by atoms with E-state index < -0.39 is 6.10 Å². The molecule has 2 aromatic heterocycles. The molecule has 0 amide bonds. The Morgan fingerprint density at radius 3 is 2.58 bits per heavy atom. The summed E-state index contributed by atoms with van der Waals surface area (Å²) in [4.78, 5) is 0. The monoisotopic (exact) mass is 359 g/mol. The van der Waals surface area contributed by atoms with E-state index in [1.807, 2.05) is 26.8 Å². The lowest BCUT2D eigenvalue weighted by Crippen LogP contribution is -2.27. The number of halogens is 1. The molecule has 0 saturated carbocycles. The highest BCUT2D eigenvalue weighted by atomic mass is 19.1. The molecule has 8 heteroatoms. The molecule has 1 atom stereocenters. The predicted octanol–water partition coefficient (Wildman–Crippen LogP) is 2.41. The molecule has 0 bridgehead atoms. The molecular formula is C18H22FN5O2. The van der Waals surface area contributed by atoms with Gasteiger partial charge in [-0.25, -0.2) is 4.39 Å². The highest BCUT2D eigenvalue weighted by Crippen LogP contribution is 2.20.